The van der Waals surface area contributed by atoms with Crippen LogP contribution in [0, 0.1) is 23.7 Å². The van der Waals surface area contributed by atoms with Gasteiger partial charge in [-0.05, 0) is 48.0 Å². The number of hydrogen-bond acceptors (Lipinski definition) is 2. The Labute approximate surface area is 78.9 Å². The predicted octanol–water partition coefficient (Wildman–Crippen LogP) is 2.00. The summed E-state index contributed by atoms with van der Waals surface area (Å²) >= 11 is 2.10. The number of thioether (sulfide) groups is 1. The highest BCUT2D eigenvalue weighted by molar-refractivity contribution is 7.99. The lowest BCUT2D eigenvalue weighted by Gasteiger charge is -2.44. The molecule has 1 aliphatic carbocycles. The Morgan fingerprint density at radius 3 is 2.33 bits per heavy atom. The zero-order valence-corrected chi connectivity index (χ0v) is 8.52. The van der Waals surface area contributed by atoms with Crippen molar-refractivity contribution >= 4 is 11.8 Å². The topological polar surface area (TPSA) is 20.2 Å². The largest absolute Gasteiger partial charge is 0.396 e. The van der Waals surface area contributed by atoms with Gasteiger partial charge in [0.15, 0.2) is 0 Å². The van der Waals surface area contributed by atoms with E-state index < -0.39 is 0 Å². The SMILES string of the molecule is CC1CC2CSCC(C1)C2CO. The van der Waals surface area contributed by atoms with Crippen molar-refractivity contribution < 1.29 is 5.11 Å². The molecule has 12 heavy (non-hydrogen) atoms. The molecule has 0 aromatic heterocycles. The van der Waals surface area contributed by atoms with Crippen LogP contribution in [0.3, 0.4) is 0 Å². The second-order valence-electron chi connectivity index (χ2n) is 4.48. The monoisotopic (exact) mass is 186 g/mol. The molecule has 2 atom stereocenters. The van der Waals surface area contributed by atoms with E-state index in [0.717, 1.165) is 17.8 Å². The van der Waals surface area contributed by atoms with Crippen LogP contribution in [0.25, 0.3) is 0 Å². The molecule has 2 aliphatic rings. The van der Waals surface area contributed by atoms with Gasteiger partial charge in [-0.3, -0.25) is 0 Å². The maximum absolute atomic E-state index is 9.27. The Hall–Kier alpha value is 0.310. The molecule has 70 valence electrons. The van der Waals surface area contributed by atoms with Gasteiger partial charge in [0.25, 0.3) is 0 Å². The van der Waals surface area contributed by atoms with E-state index in [1.807, 2.05) is 0 Å². The number of aliphatic hydroxyl groups is 1. The summed E-state index contributed by atoms with van der Waals surface area (Å²) in [7, 11) is 0. The van der Waals surface area contributed by atoms with E-state index in [1.165, 1.54) is 24.3 Å². The van der Waals surface area contributed by atoms with Crippen LogP contribution in [-0.4, -0.2) is 23.2 Å². The molecule has 0 radical (unpaired) electrons. The molecule has 0 aromatic rings. The minimum Gasteiger partial charge on any atom is -0.396 e. The molecule has 1 nitrogen and oxygen atoms in total. The fraction of sp³-hybridized carbons (Fsp3) is 1.00. The van der Waals surface area contributed by atoms with Crippen LogP contribution >= 0.6 is 11.8 Å². The van der Waals surface area contributed by atoms with Gasteiger partial charge in [-0.25, -0.2) is 0 Å². The molecule has 2 unspecified atom stereocenters. The maximum atomic E-state index is 9.27. The number of aliphatic hydroxyl groups excluding tert-OH is 1. The summed E-state index contributed by atoms with van der Waals surface area (Å²) in [6.07, 6.45) is 2.71. The van der Waals surface area contributed by atoms with Crippen molar-refractivity contribution in [3.63, 3.8) is 0 Å². The summed E-state index contributed by atoms with van der Waals surface area (Å²) in [5, 5.41) is 9.27. The Morgan fingerprint density at radius 1 is 1.25 bits per heavy atom. The summed E-state index contributed by atoms with van der Waals surface area (Å²) < 4.78 is 0. The van der Waals surface area contributed by atoms with Crippen molar-refractivity contribution in [1.29, 1.82) is 0 Å². The predicted molar refractivity (Wildman–Crippen MR) is 53.3 cm³/mol. The molecule has 2 bridgehead atoms. The standard InChI is InChI=1S/C10H18OS/c1-7-2-8-5-12-6-9(3-7)10(8)4-11/h7-11H,2-6H2,1H3. The van der Waals surface area contributed by atoms with E-state index in [1.54, 1.807) is 0 Å². The van der Waals surface area contributed by atoms with E-state index in [0.29, 0.717) is 12.5 Å². The molecule has 0 amide bonds. The molecule has 1 heterocycles. The fourth-order valence-electron chi connectivity index (χ4n) is 2.92. The zero-order chi connectivity index (χ0) is 8.55. The molecule has 1 N–H and O–H groups in total. The molecule has 2 heteroatoms. The lowest BCUT2D eigenvalue weighted by Crippen LogP contribution is -2.40. The summed E-state index contributed by atoms with van der Waals surface area (Å²) in [5.74, 6) is 5.79. The Bertz CT molecular complexity index is 146. The van der Waals surface area contributed by atoms with Crippen molar-refractivity contribution in [1.82, 2.24) is 0 Å². The van der Waals surface area contributed by atoms with E-state index in [-0.39, 0.29) is 0 Å². The summed E-state index contributed by atoms with van der Waals surface area (Å²) in [5.41, 5.74) is 0. The van der Waals surface area contributed by atoms with Crippen LogP contribution in [0.15, 0.2) is 0 Å². The van der Waals surface area contributed by atoms with Crippen LogP contribution < -0.4 is 0 Å². The maximum Gasteiger partial charge on any atom is 0.0465 e. The minimum absolute atomic E-state index is 0.433. The first kappa shape index (κ1) is 8.89. The molecular weight excluding hydrogens is 168 g/mol. The lowest BCUT2D eigenvalue weighted by atomic mass is 9.69. The van der Waals surface area contributed by atoms with Gasteiger partial charge in [-0.1, -0.05) is 6.92 Å². The van der Waals surface area contributed by atoms with Crippen LogP contribution in [0.2, 0.25) is 0 Å². The van der Waals surface area contributed by atoms with Crippen LogP contribution in [-0.2, 0) is 0 Å². The van der Waals surface area contributed by atoms with Crippen molar-refractivity contribution in [3.8, 4) is 0 Å². The van der Waals surface area contributed by atoms with Crippen molar-refractivity contribution in [2.45, 2.75) is 19.8 Å². The zero-order valence-electron chi connectivity index (χ0n) is 7.70. The van der Waals surface area contributed by atoms with Crippen molar-refractivity contribution in [3.05, 3.63) is 0 Å². The normalized spacial score (nSPS) is 47.5. The second kappa shape index (κ2) is 3.59. The third-order valence-corrected chi connectivity index (χ3v) is 4.82. The van der Waals surface area contributed by atoms with Gasteiger partial charge in [0.05, 0.1) is 0 Å². The van der Waals surface area contributed by atoms with Crippen LogP contribution in [0.1, 0.15) is 19.8 Å². The van der Waals surface area contributed by atoms with Gasteiger partial charge in [0.2, 0.25) is 0 Å². The lowest BCUT2D eigenvalue weighted by molar-refractivity contribution is 0.0736. The Morgan fingerprint density at radius 2 is 1.83 bits per heavy atom. The number of hydrogen-bond donors (Lipinski definition) is 1. The highest BCUT2D eigenvalue weighted by Gasteiger charge is 2.38. The third kappa shape index (κ3) is 1.51. The third-order valence-electron chi connectivity index (χ3n) is 3.50. The fourth-order valence-corrected chi connectivity index (χ4v) is 4.42. The van der Waals surface area contributed by atoms with Crippen molar-refractivity contribution in [2.24, 2.45) is 23.7 Å². The minimum atomic E-state index is 0.433. The van der Waals surface area contributed by atoms with E-state index in [4.69, 9.17) is 0 Å². The number of fused-ring (bicyclic) bond motifs is 2. The van der Waals surface area contributed by atoms with Crippen LogP contribution in [0.4, 0.5) is 0 Å². The molecule has 1 saturated carbocycles. The van der Waals surface area contributed by atoms with Gasteiger partial charge in [-0.15, -0.1) is 0 Å². The average molecular weight is 186 g/mol. The quantitative estimate of drug-likeness (QED) is 0.676. The van der Waals surface area contributed by atoms with Gasteiger partial charge in [0, 0.05) is 6.61 Å². The molecule has 1 aliphatic heterocycles. The molecule has 1 saturated heterocycles. The highest BCUT2D eigenvalue weighted by atomic mass is 32.2. The number of rotatable bonds is 1. The molecule has 0 aromatic carbocycles. The first-order valence-electron chi connectivity index (χ1n) is 5.00. The molecular formula is C10H18OS. The summed E-state index contributed by atoms with van der Waals surface area (Å²) in [6.45, 7) is 2.80. The molecule has 2 rings (SSSR count). The first-order chi connectivity index (χ1) is 5.81. The Balaban J connectivity index is 2.06. The molecule has 0 spiro atoms. The second-order valence-corrected chi connectivity index (χ2v) is 5.56. The van der Waals surface area contributed by atoms with Gasteiger partial charge >= 0.3 is 0 Å². The highest BCUT2D eigenvalue weighted by Crippen LogP contribution is 2.44. The summed E-state index contributed by atoms with van der Waals surface area (Å²) in [6, 6.07) is 0. The van der Waals surface area contributed by atoms with Crippen molar-refractivity contribution in [2.75, 3.05) is 18.1 Å². The van der Waals surface area contributed by atoms with Gasteiger partial charge in [0.1, 0.15) is 0 Å². The first-order valence-corrected chi connectivity index (χ1v) is 6.15. The molecule has 2 fully saturated rings. The van der Waals surface area contributed by atoms with E-state index in [2.05, 4.69) is 18.7 Å². The van der Waals surface area contributed by atoms with Gasteiger partial charge < -0.3 is 5.11 Å². The van der Waals surface area contributed by atoms with Gasteiger partial charge in [-0.2, -0.15) is 11.8 Å². The smallest absolute Gasteiger partial charge is 0.0465 e. The van der Waals surface area contributed by atoms with E-state index >= 15 is 0 Å². The Kier molecular flexibility index (Phi) is 2.66. The summed E-state index contributed by atoms with van der Waals surface area (Å²) in [4.78, 5) is 0. The van der Waals surface area contributed by atoms with E-state index in [9.17, 15) is 5.11 Å². The van der Waals surface area contributed by atoms with Crippen LogP contribution in [0.5, 0.6) is 0 Å². The average Bonchev–Trinajstić information content (AvgIpc) is 2.02.